The molecule has 1 aromatic carbocycles. The maximum Gasteiger partial charge on any atom is 0.322 e. The van der Waals surface area contributed by atoms with Gasteiger partial charge >= 0.3 is 6.01 Å². The summed E-state index contributed by atoms with van der Waals surface area (Å²) in [6.07, 6.45) is 5.88. The van der Waals surface area contributed by atoms with E-state index in [9.17, 15) is 0 Å². The highest BCUT2D eigenvalue weighted by Gasteiger charge is 2.21. The van der Waals surface area contributed by atoms with Crippen molar-refractivity contribution in [3.63, 3.8) is 0 Å². The number of rotatable bonds is 6. The minimum atomic E-state index is 0.00768. The van der Waals surface area contributed by atoms with E-state index in [1.165, 1.54) is 0 Å². The topological polar surface area (TPSA) is 105 Å². The van der Waals surface area contributed by atoms with Gasteiger partial charge in [0.1, 0.15) is 6.10 Å². The molecular weight excluding hydrogens is 392 g/mol. The second-order valence-electron chi connectivity index (χ2n) is 8.49. The molecule has 1 aliphatic heterocycles. The van der Waals surface area contributed by atoms with Crippen molar-refractivity contribution in [3.8, 4) is 6.01 Å². The highest BCUT2D eigenvalue weighted by Crippen LogP contribution is 2.26. The molecular formula is C22H28N8O. The largest absolute Gasteiger partial charge is 0.459 e. The minimum Gasteiger partial charge on any atom is -0.459 e. The predicted molar refractivity (Wildman–Crippen MR) is 120 cm³/mol. The van der Waals surface area contributed by atoms with Crippen LogP contribution in [0.25, 0.3) is 16.6 Å². The zero-order valence-corrected chi connectivity index (χ0v) is 18.1. The molecule has 0 radical (unpaired) electrons. The van der Waals surface area contributed by atoms with Crippen molar-refractivity contribution in [2.24, 2.45) is 0 Å². The van der Waals surface area contributed by atoms with E-state index in [-0.39, 0.29) is 12.1 Å². The van der Waals surface area contributed by atoms with Crippen LogP contribution in [0.3, 0.4) is 0 Å². The lowest BCUT2D eigenvalue weighted by Crippen LogP contribution is -2.37. The second kappa shape index (κ2) is 8.14. The Bertz CT molecular complexity index is 1190. The van der Waals surface area contributed by atoms with E-state index in [2.05, 4.69) is 58.8 Å². The van der Waals surface area contributed by atoms with Crippen LogP contribution in [0.1, 0.15) is 56.7 Å². The molecule has 9 nitrogen and oxygen atoms in total. The number of anilines is 1. The first kappa shape index (κ1) is 19.7. The molecule has 0 spiro atoms. The van der Waals surface area contributed by atoms with Gasteiger partial charge in [0.15, 0.2) is 5.65 Å². The maximum absolute atomic E-state index is 6.16. The SMILES string of the molecule is CC(C)c1cnn2c(NC(C)c3ccc4[nH]ncc4c3)nc(OC3CCCNC3)nc12. The van der Waals surface area contributed by atoms with Crippen molar-refractivity contribution in [1.29, 1.82) is 0 Å². The van der Waals surface area contributed by atoms with Crippen LogP contribution >= 0.6 is 0 Å². The molecule has 9 heteroatoms. The van der Waals surface area contributed by atoms with Gasteiger partial charge in [-0.3, -0.25) is 5.10 Å². The van der Waals surface area contributed by atoms with Crippen LogP contribution in [0.15, 0.2) is 30.6 Å². The van der Waals surface area contributed by atoms with E-state index < -0.39 is 0 Å². The fourth-order valence-corrected chi connectivity index (χ4v) is 4.01. The van der Waals surface area contributed by atoms with Crippen LogP contribution in [0.5, 0.6) is 6.01 Å². The summed E-state index contributed by atoms with van der Waals surface area (Å²) in [5, 5.41) is 19.6. The number of hydrogen-bond donors (Lipinski definition) is 3. The highest BCUT2D eigenvalue weighted by molar-refractivity contribution is 5.78. The number of aromatic amines is 1. The summed E-state index contributed by atoms with van der Waals surface area (Å²) in [6.45, 7) is 8.23. The third kappa shape index (κ3) is 3.93. The van der Waals surface area contributed by atoms with E-state index in [1.807, 2.05) is 18.5 Å². The van der Waals surface area contributed by atoms with E-state index in [4.69, 9.17) is 14.7 Å². The number of aromatic nitrogens is 6. The fraction of sp³-hybridized carbons (Fsp3) is 0.455. The molecule has 4 aromatic rings. The van der Waals surface area contributed by atoms with Gasteiger partial charge in [-0.1, -0.05) is 19.9 Å². The minimum absolute atomic E-state index is 0.00768. The molecule has 3 N–H and O–H groups in total. The summed E-state index contributed by atoms with van der Waals surface area (Å²) < 4.78 is 7.94. The Labute approximate surface area is 180 Å². The van der Waals surface area contributed by atoms with E-state index in [0.29, 0.717) is 17.9 Å². The average Bonchev–Trinajstić information content (AvgIpc) is 3.41. The second-order valence-corrected chi connectivity index (χ2v) is 8.49. The van der Waals surface area contributed by atoms with Crippen molar-refractivity contribution < 1.29 is 4.74 Å². The lowest BCUT2D eigenvalue weighted by atomic mass is 10.1. The summed E-state index contributed by atoms with van der Waals surface area (Å²) in [5.74, 6) is 0.917. The Balaban J connectivity index is 1.49. The van der Waals surface area contributed by atoms with Crippen LogP contribution in [0, 0.1) is 0 Å². The van der Waals surface area contributed by atoms with Gasteiger partial charge in [0, 0.05) is 17.5 Å². The predicted octanol–water partition coefficient (Wildman–Crippen LogP) is 3.43. The smallest absolute Gasteiger partial charge is 0.322 e. The molecule has 4 heterocycles. The Morgan fingerprint density at radius 3 is 2.90 bits per heavy atom. The molecule has 162 valence electrons. The van der Waals surface area contributed by atoms with Crippen LogP contribution in [0.4, 0.5) is 5.95 Å². The van der Waals surface area contributed by atoms with Crippen molar-refractivity contribution >= 4 is 22.5 Å². The standard InChI is InChI=1S/C22H28N8O/c1-13(2)18-12-25-30-20(18)27-22(31-17-5-4-8-23-11-17)28-21(30)26-14(3)15-6-7-19-16(9-15)10-24-29-19/h6-7,9-10,12-14,17,23H,4-5,8,11H2,1-3H3,(H,24,29)(H,26,27,28). The lowest BCUT2D eigenvalue weighted by molar-refractivity contribution is 0.153. The normalized spacial score (nSPS) is 18.0. The number of fused-ring (bicyclic) bond motifs is 2. The Morgan fingerprint density at radius 2 is 2.10 bits per heavy atom. The molecule has 2 atom stereocenters. The molecule has 5 rings (SSSR count). The molecule has 2 unspecified atom stereocenters. The van der Waals surface area contributed by atoms with Gasteiger partial charge in [-0.05, 0) is 49.9 Å². The molecule has 1 aliphatic rings. The molecule has 0 aliphatic carbocycles. The van der Waals surface area contributed by atoms with Crippen LogP contribution in [-0.2, 0) is 0 Å². The Hall–Kier alpha value is -3.20. The number of piperidine rings is 1. The zero-order chi connectivity index (χ0) is 21.4. The first-order valence-electron chi connectivity index (χ1n) is 10.9. The van der Waals surface area contributed by atoms with Crippen LogP contribution in [0.2, 0.25) is 0 Å². The first-order valence-corrected chi connectivity index (χ1v) is 10.9. The summed E-state index contributed by atoms with van der Waals surface area (Å²) >= 11 is 0. The van der Waals surface area contributed by atoms with Crippen LogP contribution in [-0.4, -0.2) is 49.0 Å². The lowest BCUT2D eigenvalue weighted by Gasteiger charge is -2.23. The number of H-pyrrole nitrogens is 1. The highest BCUT2D eigenvalue weighted by atomic mass is 16.5. The van der Waals surface area contributed by atoms with Crippen molar-refractivity contribution in [2.75, 3.05) is 18.4 Å². The maximum atomic E-state index is 6.16. The molecule has 3 aromatic heterocycles. The van der Waals surface area contributed by atoms with E-state index in [1.54, 1.807) is 4.52 Å². The molecule has 0 saturated carbocycles. The third-order valence-corrected chi connectivity index (χ3v) is 5.83. The number of ether oxygens (including phenoxy) is 1. The van der Waals surface area contributed by atoms with Gasteiger partial charge in [-0.2, -0.15) is 24.7 Å². The first-order chi connectivity index (χ1) is 15.1. The van der Waals surface area contributed by atoms with Gasteiger partial charge in [-0.25, -0.2) is 0 Å². The Morgan fingerprint density at radius 1 is 1.19 bits per heavy atom. The molecule has 1 saturated heterocycles. The molecule has 0 amide bonds. The van der Waals surface area contributed by atoms with Gasteiger partial charge in [0.25, 0.3) is 0 Å². The molecule has 31 heavy (non-hydrogen) atoms. The molecule has 1 fully saturated rings. The zero-order valence-electron chi connectivity index (χ0n) is 18.1. The number of hydrogen-bond acceptors (Lipinski definition) is 7. The summed E-state index contributed by atoms with van der Waals surface area (Å²) in [7, 11) is 0. The van der Waals surface area contributed by atoms with Gasteiger partial charge in [-0.15, -0.1) is 0 Å². The van der Waals surface area contributed by atoms with Crippen LogP contribution < -0.4 is 15.4 Å². The average molecular weight is 421 g/mol. The number of benzene rings is 1. The summed E-state index contributed by atoms with van der Waals surface area (Å²) in [4.78, 5) is 9.41. The number of nitrogens with zero attached hydrogens (tertiary/aromatic N) is 5. The quantitative estimate of drug-likeness (QED) is 0.439. The monoisotopic (exact) mass is 420 g/mol. The summed E-state index contributed by atoms with van der Waals surface area (Å²) in [6, 6.07) is 6.66. The third-order valence-electron chi connectivity index (χ3n) is 5.83. The Kier molecular flexibility index (Phi) is 5.19. The van der Waals surface area contributed by atoms with Gasteiger partial charge < -0.3 is 15.4 Å². The van der Waals surface area contributed by atoms with Gasteiger partial charge in [0.05, 0.1) is 24.0 Å². The van der Waals surface area contributed by atoms with Crippen molar-refractivity contribution in [3.05, 3.63) is 41.7 Å². The van der Waals surface area contributed by atoms with Crippen molar-refractivity contribution in [2.45, 2.75) is 51.7 Å². The molecule has 0 bridgehead atoms. The van der Waals surface area contributed by atoms with Crippen molar-refractivity contribution in [1.82, 2.24) is 35.1 Å². The fourth-order valence-electron chi connectivity index (χ4n) is 4.01. The number of nitrogens with one attached hydrogen (secondary N) is 3. The van der Waals surface area contributed by atoms with E-state index >= 15 is 0 Å². The van der Waals surface area contributed by atoms with E-state index in [0.717, 1.165) is 53.6 Å². The summed E-state index contributed by atoms with van der Waals surface area (Å²) in [5.41, 5.74) is 4.01. The van der Waals surface area contributed by atoms with Gasteiger partial charge in [0.2, 0.25) is 5.95 Å².